The smallest absolute Gasteiger partial charge is 0.241 e. The van der Waals surface area contributed by atoms with Crippen LogP contribution >= 0.6 is 0 Å². The number of nitrogens with zero attached hydrogens (tertiary/aromatic N) is 3. The standard InChI is InChI=1S/C23H22N4O4/c28-18-10-20(27(12-18)13-19-22-21(7-9-25-19)30-14-31-22)23(29)26-17-5-3-15(4-6-17)16-2-1-8-24-11-16/h1-9,11,18,20,28H,10,12-14H2,(H,26,29)/t18-,20-/m1/s1. The normalized spacial score (nSPS) is 20.0. The van der Waals surface area contributed by atoms with E-state index in [-0.39, 0.29) is 12.7 Å². The number of amides is 1. The molecule has 8 nitrogen and oxygen atoms in total. The minimum atomic E-state index is -0.572. The highest BCUT2D eigenvalue weighted by molar-refractivity contribution is 5.95. The lowest BCUT2D eigenvalue weighted by Crippen LogP contribution is -2.39. The first kappa shape index (κ1) is 19.5. The van der Waals surface area contributed by atoms with Crippen LogP contribution in [0.3, 0.4) is 0 Å². The third kappa shape index (κ3) is 4.08. The Morgan fingerprint density at radius 3 is 2.81 bits per heavy atom. The minimum Gasteiger partial charge on any atom is -0.453 e. The summed E-state index contributed by atoms with van der Waals surface area (Å²) in [5.74, 6) is 1.10. The van der Waals surface area contributed by atoms with E-state index < -0.39 is 12.1 Å². The van der Waals surface area contributed by atoms with Gasteiger partial charge in [0.25, 0.3) is 0 Å². The van der Waals surface area contributed by atoms with Gasteiger partial charge in [-0.25, -0.2) is 0 Å². The fraction of sp³-hybridized carbons (Fsp3) is 0.261. The van der Waals surface area contributed by atoms with Crippen LogP contribution in [0.25, 0.3) is 11.1 Å². The van der Waals surface area contributed by atoms with Gasteiger partial charge in [-0.2, -0.15) is 0 Å². The lowest BCUT2D eigenvalue weighted by molar-refractivity contribution is -0.120. The first-order valence-electron chi connectivity index (χ1n) is 10.1. The van der Waals surface area contributed by atoms with E-state index in [0.29, 0.717) is 42.4 Å². The van der Waals surface area contributed by atoms with Gasteiger partial charge in [0.05, 0.1) is 12.1 Å². The van der Waals surface area contributed by atoms with Crippen LogP contribution in [0.15, 0.2) is 61.1 Å². The van der Waals surface area contributed by atoms with E-state index in [1.165, 1.54) is 0 Å². The molecule has 8 heteroatoms. The molecule has 0 spiro atoms. The molecule has 2 atom stereocenters. The van der Waals surface area contributed by atoms with Crippen molar-refractivity contribution in [3.63, 3.8) is 0 Å². The number of aromatic nitrogens is 2. The topological polar surface area (TPSA) is 96.8 Å². The molecule has 0 bridgehead atoms. The summed E-state index contributed by atoms with van der Waals surface area (Å²) >= 11 is 0. The van der Waals surface area contributed by atoms with Crippen molar-refractivity contribution in [1.82, 2.24) is 14.9 Å². The summed E-state index contributed by atoms with van der Waals surface area (Å²) in [6.45, 7) is 0.946. The number of rotatable bonds is 5. The second kappa shape index (κ2) is 8.33. The van der Waals surface area contributed by atoms with E-state index in [1.54, 1.807) is 24.7 Å². The number of benzene rings is 1. The molecule has 1 amide bonds. The van der Waals surface area contributed by atoms with Gasteiger partial charge >= 0.3 is 0 Å². The Bertz CT molecular complexity index is 1070. The van der Waals surface area contributed by atoms with Crippen LogP contribution in [-0.4, -0.2) is 51.4 Å². The minimum absolute atomic E-state index is 0.157. The number of carbonyl (C=O) groups excluding carboxylic acids is 1. The molecule has 0 unspecified atom stereocenters. The van der Waals surface area contributed by atoms with Crippen molar-refractivity contribution < 1.29 is 19.4 Å². The van der Waals surface area contributed by atoms with Crippen LogP contribution in [0.5, 0.6) is 11.5 Å². The van der Waals surface area contributed by atoms with E-state index in [0.717, 1.165) is 11.1 Å². The molecule has 5 rings (SSSR count). The van der Waals surface area contributed by atoms with Crippen LogP contribution in [0, 0.1) is 0 Å². The zero-order chi connectivity index (χ0) is 21.2. The Kier molecular flexibility index (Phi) is 5.23. The summed E-state index contributed by atoms with van der Waals surface area (Å²) in [5.41, 5.74) is 3.44. The van der Waals surface area contributed by atoms with Crippen molar-refractivity contribution in [2.75, 3.05) is 18.7 Å². The van der Waals surface area contributed by atoms with Gasteiger partial charge in [-0.15, -0.1) is 0 Å². The Balaban J connectivity index is 1.28. The number of fused-ring (bicyclic) bond motifs is 1. The molecule has 0 radical (unpaired) electrons. The molecule has 1 fully saturated rings. The number of carbonyl (C=O) groups is 1. The van der Waals surface area contributed by atoms with Gasteiger partial charge in [0.2, 0.25) is 12.7 Å². The van der Waals surface area contributed by atoms with Crippen molar-refractivity contribution >= 4 is 11.6 Å². The zero-order valence-electron chi connectivity index (χ0n) is 16.8. The summed E-state index contributed by atoms with van der Waals surface area (Å²) in [6.07, 6.45) is 4.99. The highest BCUT2D eigenvalue weighted by Gasteiger charge is 2.37. The third-order valence-electron chi connectivity index (χ3n) is 5.54. The van der Waals surface area contributed by atoms with Crippen LogP contribution in [0.4, 0.5) is 5.69 Å². The Labute approximate surface area is 179 Å². The van der Waals surface area contributed by atoms with Gasteiger partial charge in [-0.3, -0.25) is 19.7 Å². The lowest BCUT2D eigenvalue weighted by Gasteiger charge is -2.23. The molecule has 0 saturated carbocycles. The number of aliphatic hydroxyl groups is 1. The van der Waals surface area contributed by atoms with Gasteiger partial charge in [-0.05, 0) is 35.7 Å². The Hall–Kier alpha value is -3.49. The van der Waals surface area contributed by atoms with Crippen molar-refractivity contribution in [3.8, 4) is 22.6 Å². The Morgan fingerprint density at radius 2 is 2.00 bits per heavy atom. The number of likely N-dealkylation sites (tertiary alicyclic amines) is 1. The van der Waals surface area contributed by atoms with E-state index in [2.05, 4.69) is 15.3 Å². The molecule has 0 aliphatic carbocycles. The predicted octanol–water partition coefficient (Wildman–Crippen LogP) is 2.45. The molecule has 4 heterocycles. The number of aliphatic hydroxyl groups excluding tert-OH is 1. The fourth-order valence-corrected chi connectivity index (χ4v) is 4.03. The first-order valence-corrected chi connectivity index (χ1v) is 10.1. The van der Waals surface area contributed by atoms with Crippen molar-refractivity contribution in [3.05, 3.63) is 66.7 Å². The molecular weight excluding hydrogens is 396 g/mol. The number of β-amino-alcohol motifs (C(OH)–C–C–N with tert-alkyl or cyclic N) is 1. The Morgan fingerprint density at radius 1 is 1.13 bits per heavy atom. The third-order valence-corrected chi connectivity index (χ3v) is 5.54. The average molecular weight is 418 g/mol. The summed E-state index contributed by atoms with van der Waals surface area (Å²) in [6, 6.07) is 12.8. The van der Waals surface area contributed by atoms with E-state index in [4.69, 9.17) is 9.47 Å². The van der Waals surface area contributed by atoms with Gasteiger partial charge in [-0.1, -0.05) is 18.2 Å². The van der Waals surface area contributed by atoms with Crippen LogP contribution in [0.2, 0.25) is 0 Å². The molecule has 31 heavy (non-hydrogen) atoms. The molecule has 158 valence electrons. The summed E-state index contributed by atoms with van der Waals surface area (Å²) in [4.78, 5) is 23.4. The number of hydrogen-bond donors (Lipinski definition) is 2. The predicted molar refractivity (Wildman–Crippen MR) is 113 cm³/mol. The maximum Gasteiger partial charge on any atom is 0.241 e. The molecule has 2 aliphatic rings. The van der Waals surface area contributed by atoms with Crippen molar-refractivity contribution in [2.45, 2.75) is 25.1 Å². The molecule has 3 aromatic rings. The lowest BCUT2D eigenvalue weighted by atomic mass is 10.1. The number of pyridine rings is 2. The van der Waals surface area contributed by atoms with Crippen LogP contribution < -0.4 is 14.8 Å². The zero-order valence-corrected chi connectivity index (χ0v) is 16.8. The van der Waals surface area contributed by atoms with Crippen LogP contribution in [-0.2, 0) is 11.3 Å². The van der Waals surface area contributed by atoms with Crippen molar-refractivity contribution in [1.29, 1.82) is 0 Å². The number of ether oxygens (including phenoxy) is 2. The SMILES string of the molecule is O=C(Nc1ccc(-c2cccnc2)cc1)[C@H]1C[C@@H](O)CN1Cc1nccc2c1OCO2. The van der Waals surface area contributed by atoms with E-state index in [1.807, 2.05) is 41.3 Å². The second-order valence-electron chi connectivity index (χ2n) is 7.63. The molecule has 2 N–H and O–H groups in total. The molecule has 2 aliphatic heterocycles. The number of nitrogens with one attached hydrogen (secondary N) is 1. The highest BCUT2D eigenvalue weighted by Crippen LogP contribution is 2.35. The highest BCUT2D eigenvalue weighted by atomic mass is 16.7. The number of anilines is 1. The molecule has 1 saturated heterocycles. The number of hydrogen-bond acceptors (Lipinski definition) is 7. The first-order chi connectivity index (χ1) is 15.2. The summed E-state index contributed by atoms with van der Waals surface area (Å²) < 4.78 is 10.9. The maximum atomic E-state index is 13.0. The molecular formula is C23H22N4O4. The summed E-state index contributed by atoms with van der Waals surface area (Å²) in [7, 11) is 0. The fourth-order valence-electron chi connectivity index (χ4n) is 4.03. The second-order valence-corrected chi connectivity index (χ2v) is 7.63. The van der Waals surface area contributed by atoms with Crippen LogP contribution in [0.1, 0.15) is 12.1 Å². The van der Waals surface area contributed by atoms with Gasteiger partial charge in [0.1, 0.15) is 5.69 Å². The van der Waals surface area contributed by atoms with E-state index in [9.17, 15) is 9.90 Å². The maximum absolute atomic E-state index is 13.0. The van der Waals surface area contributed by atoms with E-state index >= 15 is 0 Å². The quantitative estimate of drug-likeness (QED) is 0.657. The average Bonchev–Trinajstić information content (AvgIpc) is 3.42. The van der Waals surface area contributed by atoms with Gasteiger partial charge in [0.15, 0.2) is 11.5 Å². The molecule has 1 aromatic carbocycles. The molecule has 2 aromatic heterocycles. The monoisotopic (exact) mass is 418 g/mol. The van der Waals surface area contributed by atoms with Gasteiger partial charge in [0, 0.05) is 43.4 Å². The largest absolute Gasteiger partial charge is 0.453 e. The summed E-state index contributed by atoms with van der Waals surface area (Å²) in [5, 5.41) is 13.2. The van der Waals surface area contributed by atoms with Crippen molar-refractivity contribution in [2.24, 2.45) is 0 Å². The van der Waals surface area contributed by atoms with Gasteiger partial charge < -0.3 is 19.9 Å².